The topological polar surface area (TPSA) is 59.0 Å². The molecule has 2 N–H and O–H groups in total. The maximum absolute atomic E-state index is 11.8. The molecule has 1 aromatic heterocycles. The van der Waals surface area contributed by atoms with Gasteiger partial charge in [-0.05, 0) is 19.3 Å². The maximum atomic E-state index is 11.8. The molecule has 0 aromatic carbocycles. The Morgan fingerprint density at radius 2 is 2.22 bits per heavy atom. The number of nitrogens with one attached hydrogen (secondary N) is 2. The lowest BCUT2D eigenvalue weighted by Crippen LogP contribution is -2.43. The van der Waals surface area contributed by atoms with E-state index >= 15 is 0 Å². The third-order valence-electron chi connectivity index (χ3n) is 2.94. The molecule has 0 fully saturated rings. The molecule has 5 heteroatoms. The molecular weight excluding hydrogens is 228 g/mol. The minimum Gasteiger partial charge on any atom is -0.358 e. The summed E-state index contributed by atoms with van der Waals surface area (Å²) in [6, 6.07) is -0.143. The Balaban J connectivity index is 2.58. The van der Waals surface area contributed by atoms with Crippen molar-refractivity contribution in [3.8, 4) is 0 Å². The van der Waals surface area contributed by atoms with Gasteiger partial charge in [0.25, 0.3) is 0 Å². The molecule has 1 aromatic rings. The Morgan fingerprint density at radius 1 is 1.50 bits per heavy atom. The van der Waals surface area contributed by atoms with Crippen LogP contribution in [0.1, 0.15) is 32.9 Å². The largest absolute Gasteiger partial charge is 0.358 e. The number of nitrogens with zero attached hydrogens (tertiary/aromatic N) is 2. The van der Waals surface area contributed by atoms with Gasteiger partial charge in [-0.1, -0.05) is 13.8 Å². The van der Waals surface area contributed by atoms with E-state index in [0.29, 0.717) is 12.5 Å². The quantitative estimate of drug-likeness (QED) is 0.765. The molecule has 0 spiro atoms. The second-order valence-corrected chi connectivity index (χ2v) is 4.85. The van der Waals surface area contributed by atoms with Crippen LogP contribution < -0.4 is 10.6 Å². The molecule has 1 amide bonds. The van der Waals surface area contributed by atoms with Crippen molar-refractivity contribution in [2.24, 2.45) is 5.92 Å². The van der Waals surface area contributed by atoms with Crippen LogP contribution >= 0.6 is 0 Å². The minimum atomic E-state index is -0.143. The molecule has 0 saturated carbocycles. The Morgan fingerprint density at radius 3 is 2.78 bits per heavy atom. The zero-order valence-corrected chi connectivity index (χ0v) is 11.7. The van der Waals surface area contributed by atoms with Gasteiger partial charge in [0, 0.05) is 26.3 Å². The van der Waals surface area contributed by atoms with Crippen LogP contribution in [0.4, 0.5) is 0 Å². The van der Waals surface area contributed by atoms with E-state index in [1.807, 2.05) is 12.5 Å². The van der Waals surface area contributed by atoms with Crippen LogP contribution in [0.25, 0.3) is 0 Å². The lowest BCUT2D eigenvalue weighted by molar-refractivity contribution is -0.123. The van der Waals surface area contributed by atoms with E-state index < -0.39 is 0 Å². The molecule has 0 aliphatic rings. The zero-order valence-electron chi connectivity index (χ0n) is 11.7. The first-order valence-electron chi connectivity index (χ1n) is 6.52. The standard InChI is InChI=1S/C13H24N4O/c1-5-17-9-15-7-11(17)8-16-12(6-10(2)3)13(18)14-4/h7,9-10,12,16H,5-6,8H2,1-4H3,(H,14,18)/t12-/m0/s1. The Bertz CT molecular complexity index is 373. The number of rotatable bonds is 7. The summed E-state index contributed by atoms with van der Waals surface area (Å²) in [5, 5.41) is 6.01. The fourth-order valence-corrected chi connectivity index (χ4v) is 1.94. The van der Waals surface area contributed by atoms with E-state index in [1.165, 1.54) is 0 Å². The molecule has 5 nitrogen and oxygen atoms in total. The van der Waals surface area contributed by atoms with Crippen LogP contribution in [-0.2, 0) is 17.9 Å². The van der Waals surface area contributed by atoms with Gasteiger partial charge in [-0.25, -0.2) is 4.98 Å². The van der Waals surface area contributed by atoms with Gasteiger partial charge in [-0.2, -0.15) is 0 Å². The van der Waals surface area contributed by atoms with Crippen molar-refractivity contribution in [2.75, 3.05) is 7.05 Å². The van der Waals surface area contributed by atoms with Crippen molar-refractivity contribution in [1.29, 1.82) is 0 Å². The summed E-state index contributed by atoms with van der Waals surface area (Å²) in [7, 11) is 1.67. The first-order valence-corrected chi connectivity index (χ1v) is 6.52. The maximum Gasteiger partial charge on any atom is 0.236 e. The van der Waals surface area contributed by atoms with Gasteiger partial charge >= 0.3 is 0 Å². The number of hydrogen-bond acceptors (Lipinski definition) is 3. The van der Waals surface area contributed by atoms with Gasteiger partial charge in [0.15, 0.2) is 0 Å². The van der Waals surface area contributed by atoms with Crippen molar-refractivity contribution in [3.63, 3.8) is 0 Å². The molecule has 0 bridgehead atoms. The molecule has 0 saturated heterocycles. The Hall–Kier alpha value is -1.36. The number of imidazole rings is 1. The fourth-order valence-electron chi connectivity index (χ4n) is 1.94. The summed E-state index contributed by atoms with van der Waals surface area (Å²) in [6.45, 7) is 7.88. The van der Waals surface area contributed by atoms with E-state index in [1.54, 1.807) is 7.05 Å². The van der Waals surface area contributed by atoms with Gasteiger partial charge < -0.3 is 15.2 Å². The Kier molecular flexibility index (Phi) is 5.85. The van der Waals surface area contributed by atoms with E-state index in [-0.39, 0.29) is 11.9 Å². The summed E-state index contributed by atoms with van der Waals surface area (Å²) in [5.74, 6) is 0.530. The van der Waals surface area contributed by atoms with Crippen LogP contribution in [0.3, 0.4) is 0 Å². The molecule has 1 atom stereocenters. The van der Waals surface area contributed by atoms with Crippen LogP contribution in [-0.4, -0.2) is 28.5 Å². The summed E-state index contributed by atoms with van der Waals surface area (Å²) in [5.41, 5.74) is 1.11. The lowest BCUT2D eigenvalue weighted by atomic mass is 10.0. The normalized spacial score (nSPS) is 12.7. The van der Waals surface area contributed by atoms with Crippen molar-refractivity contribution in [3.05, 3.63) is 18.2 Å². The molecule has 102 valence electrons. The average molecular weight is 252 g/mol. The number of aromatic nitrogens is 2. The number of hydrogen-bond donors (Lipinski definition) is 2. The summed E-state index contributed by atoms with van der Waals surface area (Å²) in [4.78, 5) is 15.9. The smallest absolute Gasteiger partial charge is 0.236 e. The molecule has 1 rings (SSSR count). The van der Waals surface area contributed by atoms with Gasteiger partial charge in [0.05, 0.1) is 18.1 Å². The second-order valence-electron chi connectivity index (χ2n) is 4.85. The van der Waals surface area contributed by atoms with Gasteiger partial charge in [0.2, 0.25) is 5.91 Å². The Labute approximate surface area is 109 Å². The number of amides is 1. The fraction of sp³-hybridized carbons (Fsp3) is 0.692. The monoisotopic (exact) mass is 252 g/mol. The third kappa shape index (κ3) is 4.14. The number of likely N-dealkylation sites (N-methyl/N-ethyl adjacent to an activating group) is 1. The first kappa shape index (κ1) is 14.7. The number of carbonyl (C=O) groups excluding carboxylic acids is 1. The van der Waals surface area contributed by atoms with Crippen LogP contribution in [0.2, 0.25) is 0 Å². The highest BCUT2D eigenvalue weighted by Gasteiger charge is 2.18. The summed E-state index contributed by atoms with van der Waals surface area (Å²) < 4.78 is 2.07. The highest BCUT2D eigenvalue weighted by molar-refractivity contribution is 5.81. The molecule has 0 aliphatic carbocycles. The van der Waals surface area contributed by atoms with Crippen molar-refractivity contribution in [2.45, 2.75) is 46.3 Å². The average Bonchev–Trinajstić information content (AvgIpc) is 2.80. The van der Waals surface area contributed by atoms with E-state index in [2.05, 4.69) is 41.0 Å². The summed E-state index contributed by atoms with van der Waals surface area (Å²) in [6.07, 6.45) is 4.49. The second kappa shape index (κ2) is 7.16. The number of aryl methyl sites for hydroxylation is 1. The highest BCUT2D eigenvalue weighted by atomic mass is 16.2. The highest BCUT2D eigenvalue weighted by Crippen LogP contribution is 2.06. The zero-order chi connectivity index (χ0) is 13.5. The summed E-state index contributed by atoms with van der Waals surface area (Å²) >= 11 is 0. The predicted octanol–water partition coefficient (Wildman–Crippen LogP) is 1.15. The lowest BCUT2D eigenvalue weighted by Gasteiger charge is -2.19. The van der Waals surface area contributed by atoms with Crippen molar-refractivity contribution >= 4 is 5.91 Å². The first-order chi connectivity index (χ1) is 8.58. The van der Waals surface area contributed by atoms with Crippen molar-refractivity contribution in [1.82, 2.24) is 20.2 Å². The molecule has 0 radical (unpaired) electrons. The van der Waals surface area contributed by atoms with Crippen LogP contribution in [0.15, 0.2) is 12.5 Å². The minimum absolute atomic E-state index is 0.0475. The third-order valence-corrected chi connectivity index (χ3v) is 2.94. The van der Waals surface area contributed by atoms with Crippen molar-refractivity contribution < 1.29 is 4.79 Å². The molecule has 0 aliphatic heterocycles. The van der Waals surface area contributed by atoms with Crippen LogP contribution in [0, 0.1) is 5.92 Å². The molecule has 0 unspecified atom stereocenters. The molecule has 18 heavy (non-hydrogen) atoms. The molecular formula is C13H24N4O. The SMILES string of the molecule is CCn1cncc1CN[C@@H](CC(C)C)C(=O)NC. The predicted molar refractivity (Wildman–Crippen MR) is 72.1 cm³/mol. The van der Waals surface area contributed by atoms with E-state index in [0.717, 1.165) is 18.7 Å². The van der Waals surface area contributed by atoms with Crippen LogP contribution in [0.5, 0.6) is 0 Å². The van der Waals surface area contributed by atoms with E-state index in [9.17, 15) is 4.79 Å². The van der Waals surface area contributed by atoms with Gasteiger partial charge in [-0.3, -0.25) is 4.79 Å². The molecule has 1 heterocycles. The van der Waals surface area contributed by atoms with Gasteiger partial charge in [0.1, 0.15) is 0 Å². The number of carbonyl (C=O) groups is 1. The van der Waals surface area contributed by atoms with E-state index in [4.69, 9.17) is 0 Å². The van der Waals surface area contributed by atoms with Gasteiger partial charge in [-0.15, -0.1) is 0 Å².